The Balaban J connectivity index is 1.47. The van der Waals surface area contributed by atoms with Crippen LogP contribution in [0.2, 0.25) is 0 Å². The zero-order valence-electron chi connectivity index (χ0n) is 28.1. The van der Waals surface area contributed by atoms with Crippen molar-refractivity contribution in [2.24, 2.45) is 0 Å². The Morgan fingerprint density at radius 3 is 1.20 bits per heavy atom. The number of hydrogen-bond donors (Lipinski definition) is 2. The third kappa shape index (κ3) is 5.13. The number of benzene rings is 2. The lowest BCUT2D eigenvalue weighted by Crippen LogP contribution is -2.19. The van der Waals surface area contributed by atoms with Crippen LogP contribution in [0.15, 0.2) is 121 Å². The van der Waals surface area contributed by atoms with Crippen LogP contribution in [-0.2, 0) is 0 Å². The van der Waals surface area contributed by atoms with Crippen LogP contribution in [0, 0.1) is 0 Å². The smallest absolute Gasteiger partial charge is 0.0752 e. The van der Waals surface area contributed by atoms with Gasteiger partial charge in [-0.15, -0.1) is 0 Å². The molecule has 7 heterocycles. The summed E-state index contributed by atoms with van der Waals surface area (Å²) in [7, 11) is 4.28. The first-order valence-corrected chi connectivity index (χ1v) is 17.1. The molecule has 4 aliphatic rings. The van der Waals surface area contributed by atoms with Crippen LogP contribution in [0.4, 0.5) is 0 Å². The lowest BCUT2D eigenvalue weighted by Gasteiger charge is -2.24. The topological polar surface area (TPSA) is 63.8 Å². The normalized spacial score (nSPS) is 15.1. The number of fused-ring (bicyclic) bond motifs is 8. The number of allylic oxidation sites excluding steroid dienone is 4. The van der Waals surface area contributed by atoms with Crippen LogP contribution < -0.4 is 0 Å². The molecule has 0 unspecified atom stereocenters. The van der Waals surface area contributed by atoms with Gasteiger partial charge < -0.3 is 19.8 Å². The van der Waals surface area contributed by atoms with Gasteiger partial charge in [-0.05, 0) is 71.8 Å². The van der Waals surface area contributed by atoms with Crippen molar-refractivity contribution in [1.29, 1.82) is 0 Å². The molecular weight excluding hydrogens is 613 g/mol. The molecule has 0 saturated heterocycles. The van der Waals surface area contributed by atoms with Gasteiger partial charge in [-0.25, -0.2) is 9.97 Å². The molecule has 8 bridgehead atoms. The van der Waals surface area contributed by atoms with Crippen LogP contribution in [0.3, 0.4) is 0 Å². The lowest BCUT2D eigenvalue weighted by atomic mass is 10.0. The summed E-state index contributed by atoms with van der Waals surface area (Å²) in [6.45, 7) is 1.65. The fraction of sp³-hybridized carbons (Fsp3) is 0.0909. The van der Waals surface area contributed by atoms with Crippen molar-refractivity contribution >= 4 is 57.8 Å². The van der Waals surface area contributed by atoms with Crippen LogP contribution in [0.5, 0.6) is 0 Å². The predicted octanol–water partition coefficient (Wildman–Crippen LogP) is 9.67. The van der Waals surface area contributed by atoms with Gasteiger partial charge in [0.15, 0.2) is 0 Å². The van der Waals surface area contributed by atoms with Crippen molar-refractivity contribution in [3.8, 4) is 22.3 Å². The predicted molar refractivity (Wildman–Crippen MR) is 209 cm³/mol. The lowest BCUT2D eigenvalue weighted by molar-refractivity contribution is 0.531. The number of aromatic nitrogens is 4. The zero-order valence-corrected chi connectivity index (χ0v) is 28.1. The molecular formula is C44H36N6. The molecule has 0 saturated carbocycles. The molecule has 0 atom stereocenters. The van der Waals surface area contributed by atoms with E-state index in [9.17, 15) is 0 Å². The summed E-state index contributed by atoms with van der Waals surface area (Å²) in [5, 5.41) is 0. The maximum atomic E-state index is 5.43. The molecule has 6 nitrogen and oxygen atoms in total. The standard InChI is InChI=1S/C44H36N6/c1-49-27-11-9-17-39(49)43-35-23-21-33(46-35)41(29-13-5-3-6-14-29)31-19-20-32(45-31)42(30-15-7-4-8-16-30)34-22-24-36(47-34)44(38-26-25-37(43)48-38)40-18-10-12-28-50(40)2/h3-26,46-47H,27-28H2,1-2H3. The number of hydrogen-bond acceptors (Lipinski definition) is 4. The first-order valence-electron chi connectivity index (χ1n) is 17.1. The Morgan fingerprint density at radius 1 is 0.460 bits per heavy atom. The third-order valence-electron chi connectivity index (χ3n) is 9.75. The summed E-state index contributed by atoms with van der Waals surface area (Å²) in [6, 6.07) is 29.8. The Hall–Kier alpha value is -6.40. The van der Waals surface area contributed by atoms with Crippen molar-refractivity contribution in [3.05, 3.63) is 155 Å². The minimum absolute atomic E-state index is 0.824. The number of nitrogens with one attached hydrogen (secondary N) is 2. The fourth-order valence-corrected chi connectivity index (χ4v) is 7.32. The highest BCUT2D eigenvalue weighted by molar-refractivity contribution is 5.98. The second kappa shape index (κ2) is 12.2. The Bertz CT molecular complexity index is 2330. The minimum Gasteiger partial charge on any atom is -0.370 e. The maximum Gasteiger partial charge on any atom is 0.0752 e. The van der Waals surface area contributed by atoms with Crippen molar-refractivity contribution in [2.45, 2.75) is 0 Å². The van der Waals surface area contributed by atoms with Crippen LogP contribution in [0.1, 0.15) is 33.9 Å². The van der Waals surface area contributed by atoms with Gasteiger partial charge in [0.05, 0.1) is 33.8 Å². The number of H-pyrrole nitrogens is 2. The van der Waals surface area contributed by atoms with E-state index in [1.165, 1.54) is 0 Å². The summed E-state index contributed by atoms with van der Waals surface area (Å²) in [5.41, 5.74) is 16.3. The molecule has 4 aliphatic heterocycles. The van der Waals surface area contributed by atoms with Crippen molar-refractivity contribution < 1.29 is 0 Å². The number of rotatable bonds is 4. The molecule has 5 aromatic rings. The van der Waals surface area contributed by atoms with Crippen molar-refractivity contribution in [2.75, 3.05) is 27.2 Å². The average Bonchev–Trinajstić information content (AvgIpc) is 3.98. The van der Waals surface area contributed by atoms with Gasteiger partial charge in [0, 0.05) is 71.9 Å². The molecule has 0 fully saturated rings. The molecule has 2 N–H and O–H groups in total. The first kappa shape index (κ1) is 29.7. The summed E-state index contributed by atoms with van der Waals surface area (Å²) >= 11 is 0. The quantitative estimate of drug-likeness (QED) is 0.200. The van der Waals surface area contributed by atoms with E-state index in [1.54, 1.807) is 0 Å². The van der Waals surface area contributed by atoms with Gasteiger partial charge in [0.25, 0.3) is 0 Å². The van der Waals surface area contributed by atoms with Gasteiger partial charge in [0.1, 0.15) is 0 Å². The third-order valence-corrected chi connectivity index (χ3v) is 9.75. The van der Waals surface area contributed by atoms with Gasteiger partial charge in [-0.1, -0.05) is 85.0 Å². The average molecular weight is 649 g/mol. The van der Waals surface area contributed by atoms with E-state index in [4.69, 9.17) is 9.97 Å². The van der Waals surface area contributed by atoms with E-state index < -0.39 is 0 Å². The van der Waals surface area contributed by atoms with E-state index in [1.807, 2.05) is 0 Å². The van der Waals surface area contributed by atoms with Crippen molar-refractivity contribution in [3.63, 3.8) is 0 Å². The number of likely N-dealkylation sites (N-methyl/N-ethyl adjacent to an activating group) is 2. The molecule has 0 spiro atoms. The van der Waals surface area contributed by atoms with E-state index >= 15 is 0 Å². The van der Waals surface area contributed by atoms with E-state index in [0.29, 0.717) is 0 Å². The first-order chi connectivity index (χ1) is 24.6. The van der Waals surface area contributed by atoms with E-state index in [2.05, 4.69) is 180 Å². The largest absolute Gasteiger partial charge is 0.370 e. The summed E-state index contributed by atoms with van der Waals surface area (Å²) in [6.07, 6.45) is 21.6. The van der Waals surface area contributed by atoms with Gasteiger partial charge >= 0.3 is 0 Å². The van der Waals surface area contributed by atoms with Gasteiger partial charge in [-0.2, -0.15) is 0 Å². The summed E-state index contributed by atoms with van der Waals surface area (Å²) in [5.74, 6) is 0. The molecule has 50 heavy (non-hydrogen) atoms. The Labute approximate surface area is 291 Å². The maximum absolute atomic E-state index is 5.43. The summed E-state index contributed by atoms with van der Waals surface area (Å²) < 4.78 is 0. The van der Waals surface area contributed by atoms with Crippen LogP contribution in [-0.4, -0.2) is 56.9 Å². The molecule has 0 aliphatic carbocycles. The molecule has 0 radical (unpaired) electrons. The zero-order chi connectivity index (χ0) is 33.6. The fourth-order valence-electron chi connectivity index (χ4n) is 7.32. The SMILES string of the molecule is CN1CC=CC=C1c1c2nc(c(C3=CC=CCN3C)c3ccc([nH]3)c(-c3ccccc3)c3nc(c(-c4ccccc4)c4ccc1[nH]4)C=C3)C=C2. The minimum atomic E-state index is 0.824. The highest BCUT2D eigenvalue weighted by atomic mass is 15.1. The van der Waals surface area contributed by atoms with Gasteiger partial charge in [-0.3, -0.25) is 0 Å². The molecule has 9 rings (SSSR count). The highest BCUT2D eigenvalue weighted by Crippen LogP contribution is 2.37. The second-order valence-corrected chi connectivity index (χ2v) is 13.0. The monoisotopic (exact) mass is 648 g/mol. The molecule has 242 valence electrons. The van der Waals surface area contributed by atoms with Crippen LogP contribution >= 0.6 is 0 Å². The second-order valence-electron chi connectivity index (χ2n) is 13.0. The summed E-state index contributed by atoms with van der Waals surface area (Å²) in [4.78, 5) is 23.0. The number of nitrogens with zero attached hydrogens (tertiary/aromatic N) is 4. The van der Waals surface area contributed by atoms with Gasteiger partial charge in [0.2, 0.25) is 0 Å². The Kier molecular flexibility index (Phi) is 7.28. The highest BCUT2D eigenvalue weighted by Gasteiger charge is 2.22. The Morgan fingerprint density at radius 2 is 0.820 bits per heavy atom. The van der Waals surface area contributed by atoms with E-state index in [-0.39, 0.29) is 0 Å². The van der Waals surface area contributed by atoms with Crippen LogP contribution in [0.25, 0.3) is 80.0 Å². The molecule has 2 aromatic carbocycles. The molecule has 0 amide bonds. The number of aromatic amines is 2. The molecule has 6 heteroatoms. The molecule has 3 aromatic heterocycles. The van der Waals surface area contributed by atoms with Crippen molar-refractivity contribution in [1.82, 2.24) is 29.7 Å². The van der Waals surface area contributed by atoms with E-state index in [0.717, 1.165) is 103 Å².